The predicted octanol–water partition coefficient (Wildman–Crippen LogP) is 3.68. The smallest absolute Gasteiger partial charge is 0.408 e. The standard InChI is InChI=1S/C31H48N4O6/c1-30(2,3)41-29(39)34-31(4,5)28(38)33-25(21-40-20-22-12-8-6-9-13-22)27(37)35-18-16-23(17-19-35)26(36)32-24-14-10-7-11-15-24/h6,8-9,12-13,23-25H,7,10-11,14-21H2,1-5H3,(H,32,36)(H,33,38)(H,34,39). The monoisotopic (exact) mass is 572 g/mol. The SMILES string of the molecule is CC(C)(C)OC(=O)NC(C)(C)C(=O)NC(COCc1ccccc1)C(=O)N1CCC(C(=O)NC2CCCCC2)CC1. The van der Waals surface area contributed by atoms with Crippen LogP contribution in [0.5, 0.6) is 0 Å². The molecule has 2 aliphatic rings. The highest BCUT2D eigenvalue weighted by Gasteiger charge is 2.37. The third-order valence-electron chi connectivity index (χ3n) is 7.51. The van der Waals surface area contributed by atoms with Crippen molar-refractivity contribution in [3.63, 3.8) is 0 Å². The molecule has 1 saturated carbocycles. The Morgan fingerprint density at radius 2 is 1.56 bits per heavy atom. The molecular weight excluding hydrogens is 524 g/mol. The summed E-state index contributed by atoms with van der Waals surface area (Å²) in [7, 11) is 0. The van der Waals surface area contributed by atoms with Crippen LogP contribution in [0.15, 0.2) is 30.3 Å². The summed E-state index contributed by atoms with van der Waals surface area (Å²) in [6.07, 6.45) is 6.02. The fraction of sp³-hybridized carbons (Fsp3) is 0.677. The summed E-state index contributed by atoms with van der Waals surface area (Å²) in [5.74, 6) is -0.854. The molecule has 1 aromatic rings. The number of hydrogen-bond acceptors (Lipinski definition) is 6. The van der Waals surface area contributed by atoms with E-state index in [1.54, 1.807) is 39.5 Å². The normalized spacial score (nSPS) is 17.8. The van der Waals surface area contributed by atoms with Crippen molar-refractivity contribution in [2.24, 2.45) is 5.92 Å². The maximum absolute atomic E-state index is 13.6. The quantitative estimate of drug-likeness (QED) is 0.393. The highest BCUT2D eigenvalue weighted by atomic mass is 16.6. The average Bonchev–Trinajstić information content (AvgIpc) is 2.92. The van der Waals surface area contributed by atoms with Crippen molar-refractivity contribution in [3.8, 4) is 0 Å². The van der Waals surface area contributed by atoms with Crippen LogP contribution in [0.2, 0.25) is 0 Å². The van der Waals surface area contributed by atoms with Crippen LogP contribution in [0.25, 0.3) is 0 Å². The molecule has 41 heavy (non-hydrogen) atoms. The third kappa shape index (κ3) is 10.6. The first-order chi connectivity index (χ1) is 19.3. The van der Waals surface area contributed by atoms with Crippen LogP contribution in [-0.4, -0.2) is 71.6 Å². The van der Waals surface area contributed by atoms with Crippen LogP contribution in [0.4, 0.5) is 4.79 Å². The van der Waals surface area contributed by atoms with Gasteiger partial charge < -0.3 is 30.3 Å². The summed E-state index contributed by atoms with van der Waals surface area (Å²) in [4.78, 5) is 53.8. The molecule has 1 aromatic carbocycles. The molecule has 0 radical (unpaired) electrons. The lowest BCUT2D eigenvalue weighted by atomic mass is 9.92. The Hall–Kier alpha value is -3.14. The van der Waals surface area contributed by atoms with Crippen LogP contribution >= 0.6 is 0 Å². The third-order valence-corrected chi connectivity index (χ3v) is 7.51. The summed E-state index contributed by atoms with van der Waals surface area (Å²) in [6, 6.07) is 8.87. The fourth-order valence-corrected chi connectivity index (χ4v) is 5.15. The molecule has 228 valence electrons. The van der Waals surface area contributed by atoms with E-state index in [2.05, 4.69) is 16.0 Å². The van der Waals surface area contributed by atoms with E-state index in [1.807, 2.05) is 30.3 Å². The van der Waals surface area contributed by atoms with Gasteiger partial charge in [-0.15, -0.1) is 0 Å². The van der Waals surface area contributed by atoms with Crippen molar-refractivity contribution in [2.45, 2.75) is 109 Å². The molecule has 3 N–H and O–H groups in total. The van der Waals surface area contributed by atoms with E-state index < -0.39 is 29.2 Å². The molecule has 1 saturated heterocycles. The number of amides is 4. The van der Waals surface area contributed by atoms with Crippen LogP contribution in [-0.2, 0) is 30.5 Å². The Morgan fingerprint density at radius 1 is 0.927 bits per heavy atom. The molecular formula is C31H48N4O6. The van der Waals surface area contributed by atoms with Crippen molar-refractivity contribution in [2.75, 3.05) is 19.7 Å². The number of benzene rings is 1. The zero-order valence-corrected chi connectivity index (χ0v) is 25.3. The number of carbonyl (C=O) groups excluding carboxylic acids is 4. The second-order valence-corrected chi connectivity index (χ2v) is 12.7. The molecule has 0 aromatic heterocycles. The molecule has 3 rings (SSSR count). The van der Waals surface area contributed by atoms with Gasteiger partial charge in [0, 0.05) is 25.0 Å². The molecule has 4 amide bonds. The van der Waals surface area contributed by atoms with Gasteiger partial charge in [0.1, 0.15) is 17.2 Å². The lowest BCUT2D eigenvalue weighted by Crippen LogP contribution is -2.61. The van der Waals surface area contributed by atoms with Gasteiger partial charge in [0.2, 0.25) is 17.7 Å². The molecule has 10 nitrogen and oxygen atoms in total. The van der Waals surface area contributed by atoms with E-state index >= 15 is 0 Å². The zero-order valence-electron chi connectivity index (χ0n) is 25.3. The number of nitrogens with one attached hydrogen (secondary N) is 3. The van der Waals surface area contributed by atoms with Crippen molar-refractivity contribution < 1.29 is 28.7 Å². The van der Waals surface area contributed by atoms with Crippen LogP contribution < -0.4 is 16.0 Å². The molecule has 0 bridgehead atoms. The second-order valence-electron chi connectivity index (χ2n) is 12.7. The van der Waals surface area contributed by atoms with Crippen molar-refractivity contribution >= 4 is 23.8 Å². The Morgan fingerprint density at radius 3 is 2.17 bits per heavy atom. The summed E-state index contributed by atoms with van der Waals surface area (Å²) < 4.78 is 11.2. The van der Waals surface area contributed by atoms with Crippen LogP contribution in [0.3, 0.4) is 0 Å². The topological polar surface area (TPSA) is 126 Å². The Balaban J connectivity index is 1.60. The maximum Gasteiger partial charge on any atom is 0.408 e. The van der Waals surface area contributed by atoms with Gasteiger partial charge in [0.25, 0.3) is 0 Å². The van der Waals surface area contributed by atoms with E-state index in [-0.39, 0.29) is 37.0 Å². The van der Waals surface area contributed by atoms with Gasteiger partial charge in [0.05, 0.1) is 13.2 Å². The van der Waals surface area contributed by atoms with E-state index in [1.165, 1.54) is 6.42 Å². The Bertz CT molecular complexity index is 1020. The minimum atomic E-state index is -1.34. The van der Waals surface area contributed by atoms with E-state index in [9.17, 15) is 19.2 Å². The first-order valence-electron chi connectivity index (χ1n) is 14.9. The molecule has 1 aliphatic carbocycles. The Labute approximate surface area is 244 Å². The average molecular weight is 573 g/mol. The Kier molecular flexibility index (Phi) is 11.6. The van der Waals surface area contributed by atoms with Gasteiger partial charge in [-0.25, -0.2) is 4.79 Å². The molecule has 10 heteroatoms. The minimum absolute atomic E-state index is 0.0376. The molecule has 1 atom stereocenters. The number of nitrogens with zero attached hydrogens (tertiary/aromatic N) is 1. The first kappa shape index (κ1) is 32.4. The number of carbonyl (C=O) groups is 4. The largest absolute Gasteiger partial charge is 0.444 e. The lowest BCUT2D eigenvalue weighted by molar-refractivity contribution is -0.142. The molecule has 1 heterocycles. The van der Waals surface area contributed by atoms with E-state index in [0.29, 0.717) is 25.9 Å². The summed E-state index contributed by atoms with van der Waals surface area (Å²) in [5.41, 5.74) is -1.12. The van der Waals surface area contributed by atoms with E-state index in [4.69, 9.17) is 9.47 Å². The molecule has 2 fully saturated rings. The summed E-state index contributed by atoms with van der Waals surface area (Å²) in [6.45, 7) is 9.40. The number of piperidine rings is 1. The molecule has 0 spiro atoms. The number of ether oxygens (including phenoxy) is 2. The van der Waals surface area contributed by atoms with Crippen molar-refractivity contribution in [3.05, 3.63) is 35.9 Å². The van der Waals surface area contributed by atoms with E-state index in [0.717, 1.165) is 31.2 Å². The number of likely N-dealkylation sites (tertiary alicyclic amines) is 1. The zero-order chi connectivity index (χ0) is 30.0. The predicted molar refractivity (Wildman–Crippen MR) is 156 cm³/mol. The number of hydrogen-bond donors (Lipinski definition) is 3. The van der Waals surface area contributed by atoms with Crippen molar-refractivity contribution in [1.82, 2.24) is 20.9 Å². The minimum Gasteiger partial charge on any atom is -0.444 e. The summed E-state index contributed by atoms with van der Waals surface area (Å²) >= 11 is 0. The number of rotatable bonds is 10. The number of alkyl carbamates (subject to hydrolysis) is 1. The second kappa shape index (κ2) is 14.7. The molecule has 1 unspecified atom stereocenters. The highest BCUT2D eigenvalue weighted by Crippen LogP contribution is 2.22. The lowest BCUT2D eigenvalue weighted by Gasteiger charge is -2.35. The first-order valence-corrected chi connectivity index (χ1v) is 14.9. The van der Waals surface area contributed by atoms with Gasteiger partial charge in [-0.05, 0) is 65.9 Å². The highest BCUT2D eigenvalue weighted by molar-refractivity contribution is 5.93. The van der Waals surface area contributed by atoms with Gasteiger partial charge in [0.15, 0.2) is 0 Å². The van der Waals surface area contributed by atoms with Gasteiger partial charge in [-0.2, -0.15) is 0 Å². The molecule has 1 aliphatic heterocycles. The van der Waals surface area contributed by atoms with Gasteiger partial charge >= 0.3 is 6.09 Å². The summed E-state index contributed by atoms with van der Waals surface area (Å²) in [5, 5.41) is 8.59. The van der Waals surface area contributed by atoms with Gasteiger partial charge in [-0.3, -0.25) is 14.4 Å². The van der Waals surface area contributed by atoms with Crippen LogP contribution in [0.1, 0.15) is 85.1 Å². The fourth-order valence-electron chi connectivity index (χ4n) is 5.15. The maximum atomic E-state index is 13.6. The van der Waals surface area contributed by atoms with Crippen molar-refractivity contribution in [1.29, 1.82) is 0 Å². The van der Waals surface area contributed by atoms with Gasteiger partial charge in [-0.1, -0.05) is 49.6 Å². The van der Waals surface area contributed by atoms with Crippen LogP contribution in [0, 0.1) is 5.92 Å².